The Kier molecular flexibility index (Phi) is 8.59. The fraction of sp³-hybridized carbons (Fsp3) is 0.429. The lowest BCUT2D eigenvalue weighted by Gasteiger charge is -2.20. The van der Waals surface area contributed by atoms with Crippen LogP contribution in [-0.2, 0) is 9.59 Å². The van der Waals surface area contributed by atoms with E-state index in [-0.39, 0.29) is 30.8 Å². The fourth-order valence-corrected chi connectivity index (χ4v) is 1.73. The van der Waals surface area contributed by atoms with Crippen molar-refractivity contribution in [1.82, 2.24) is 4.90 Å². The highest BCUT2D eigenvalue weighted by Crippen LogP contribution is 2.05. The predicted octanol–water partition coefficient (Wildman–Crippen LogP) is 1.63. The Hall–Kier alpha value is -1.59. The van der Waals surface area contributed by atoms with Gasteiger partial charge in [0, 0.05) is 12.7 Å². The van der Waals surface area contributed by atoms with E-state index in [1.54, 1.807) is 19.2 Å². The van der Waals surface area contributed by atoms with E-state index >= 15 is 0 Å². The quantitative estimate of drug-likeness (QED) is 0.838. The van der Waals surface area contributed by atoms with Crippen LogP contribution in [0.25, 0.3) is 0 Å². The van der Waals surface area contributed by atoms with Gasteiger partial charge in [-0.1, -0.05) is 31.5 Å². The van der Waals surface area contributed by atoms with Crippen LogP contribution in [0, 0.1) is 0 Å². The van der Waals surface area contributed by atoms with E-state index in [0.717, 1.165) is 6.42 Å². The maximum Gasteiger partial charge on any atom is 0.243 e. The molecule has 1 atom stereocenters. The van der Waals surface area contributed by atoms with E-state index in [9.17, 15) is 9.59 Å². The van der Waals surface area contributed by atoms with Crippen molar-refractivity contribution < 1.29 is 9.59 Å². The average Bonchev–Trinajstić information content (AvgIpc) is 2.39. The molecule has 1 unspecified atom stereocenters. The standard InChI is InChI=1S/C14H21N3O2.ClH/c1-3-7-12(15)14(19)17(2)10-13(18)16-11-8-5-4-6-9-11;/h4-6,8-9,12H,3,7,10,15H2,1-2H3,(H,16,18);1H. The van der Waals surface area contributed by atoms with E-state index in [1.807, 2.05) is 25.1 Å². The molecule has 0 radical (unpaired) electrons. The Morgan fingerprint density at radius 3 is 2.45 bits per heavy atom. The van der Waals surface area contributed by atoms with Gasteiger partial charge in [-0.3, -0.25) is 9.59 Å². The minimum Gasteiger partial charge on any atom is -0.335 e. The first-order chi connectivity index (χ1) is 9.04. The van der Waals surface area contributed by atoms with Crippen LogP contribution in [0.15, 0.2) is 30.3 Å². The molecular weight excluding hydrogens is 278 g/mol. The van der Waals surface area contributed by atoms with Gasteiger partial charge in [-0.15, -0.1) is 12.4 Å². The second kappa shape index (κ2) is 9.34. The lowest BCUT2D eigenvalue weighted by molar-refractivity contribution is -0.134. The lowest BCUT2D eigenvalue weighted by atomic mass is 10.1. The van der Waals surface area contributed by atoms with Gasteiger partial charge in [-0.05, 0) is 18.6 Å². The largest absolute Gasteiger partial charge is 0.335 e. The first kappa shape index (κ1) is 18.4. The van der Waals surface area contributed by atoms with Gasteiger partial charge in [0.25, 0.3) is 0 Å². The van der Waals surface area contributed by atoms with Crippen LogP contribution in [0.4, 0.5) is 5.69 Å². The van der Waals surface area contributed by atoms with Crippen LogP contribution >= 0.6 is 12.4 Å². The van der Waals surface area contributed by atoms with Crippen molar-refractivity contribution in [3.05, 3.63) is 30.3 Å². The first-order valence-electron chi connectivity index (χ1n) is 6.40. The van der Waals surface area contributed by atoms with Crippen molar-refractivity contribution in [3.63, 3.8) is 0 Å². The van der Waals surface area contributed by atoms with Gasteiger partial charge in [0.15, 0.2) is 0 Å². The molecule has 112 valence electrons. The summed E-state index contributed by atoms with van der Waals surface area (Å²) >= 11 is 0. The van der Waals surface area contributed by atoms with Crippen molar-refractivity contribution in [2.75, 3.05) is 18.9 Å². The van der Waals surface area contributed by atoms with Gasteiger partial charge in [0.05, 0.1) is 12.6 Å². The number of carbonyl (C=O) groups is 2. The molecule has 5 nitrogen and oxygen atoms in total. The van der Waals surface area contributed by atoms with Gasteiger partial charge in [0.1, 0.15) is 0 Å². The Labute approximate surface area is 125 Å². The number of carbonyl (C=O) groups excluding carboxylic acids is 2. The van der Waals surface area contributed by atoms with E-state index < -0.39 is 6.04 Å². The maximum atomic E-state index is 11.8. The monoisotopic (exact) mass is 299 g/mol. The molecular formula is C14H22ClN3O2. The van der Waals surface area contributed by atoms with Crippen molar-refractivity contribution in [1.29, 1.82) is 0 Å². The average molecular weight is 300 g/mol. The third-order valence-corrected chi connectivity index (χ3v) is 2.73. The summed E-state index contributed by atoms with van der Waals surface area (Å²) in [5, 5.41) is 2.72. The van der Waals surface area contributed by atoms with E-state index in [2.05, 4.69) is 5.32 Å². The van der Waals surface area contributed by atoms with Crippen LogP contribution in [0.1, 0.15) is 19.8 Å². The molecule has 20 heavy (non-hydrogen) atoms. The number of nitrogens with two attached hydrogens (primary N) is 1. The van der Waals surface area contributed by atoms with Crippen LogP contribution in [0.2, 0.25) is 0 Å². The molecule has 0 heterocycles. The molecule has 0 bridgehead atoms. The second-order valence-corrected chi connectivity index (χ2v) is 4.50. The molecule has 0 aliphatic heterocycles. The number of hydrogen-bond acceptors (Lipinski definition) is 3. The minimum absolute atomic E-state index is 0. The van der Waals surface area contributed by atoms with Crippen LogP contribution in [0.5, 0.6) is 0 Å². The summed E-state index contributed by atoms with van der Waals surface area (Å²) in [5.41, 5.74) is 6.45. The summed E-state index contributed by atoms with van der Waals surface area (Å²) in [5.74, 6) is -0.434. The molecule has 0 aliphatic carbocycles. The molecule has 0 aliphatic rings. The van der Waals surface area contributed by atoms with Crippen molar-refractivity contribution in [3.8, 4) is 0 Å². The summed E-state index contributed by atoms with van der Waals surface area (Å²) < 4.78 is 0. The number of anilines is 1. The third-order valence-electron chi connectivity index (χ3n) is 2.73. The number of hydrogen-bond donors (Lipinski definition) is 2. The highest BCUT2D eigenvalue weighted by molar-refractivity contribution is 5.95. The highest BCUT2D eigenvalue weighted by atomic mass is 35.5. The number of benzene rings is 1. The van der Waals surface area contributed by atoms with Crippen molar-refractivity contribution >= 4 is 29.9 Å². The number of nitrogens with zero attached hydrogens (tertiary/aromatic N) is 1. The summed E-state index contributed by atoms with van der Waals surface area (Å²) in [6.45, 7) is 1.97. The lowest BCUT2D eigenvalue weighted by Crippen LogP contribution is -2.44. The summed E-state index contributed by atoms with van der Waals surface area (Å²) in [7, 11) is 1.59. The predicted molar refractivity (Wildman–Crippen MR) is 82.8 cm³/mol. The third kappa shape index (κ3) is 6.04. The number of para-hydroxylation sites is 1. The highest BCUT2D eigenvalue weighted by Gasteiger charge is 2.19. The van der Waals surface area contributed by atoms with Crippen molar-refractivity contribution in [2.24, 2.45) is 5.73 Å². The Morgan fingerprint density at radius 2 is 1.90 bits per heavy atom. The fourth-order valence-electron chi connectivity index (χ4n) is 1.73. The number of halogens is 1. The topological polar surface area (TPSA) is 75.4 Å². The zero-order chi connectivity index (χ0) is 14.3. The number of nitrogens with one attached hydrogen (secondary N) is 1. The maximum absolute atomic E-state index is 11.8. The van der Waals surface area contributed by atoms with E-state index in [1.165, 1.54) is 4.90 Å². The Morgan fingerprint density at radius 1 is 1.30 bits per heavy atom. The Balaban J connectivity index is 0.00000361. The second-order valence-electron chi connectivity index (χ2n) is 4.50. The molecule has 0 spiro atoms. The molecule has 0 saturated heterocycles. The molecule has 3 N–H and O–H groups in total. The number of rotatable bonds is 6. The van der Waals surface area contributed by atoms with E-state index in [4.69, 9.17) is 5.73 Å². The molecule has 1 aromatic rings. The number of likely N-dealkylation sites (N-methyl/N-ethyl adjacent to an activating group) is 1. The van der Waals surface area contributed by atoms with Gasteiger partial charge in [-0.25, -0.2) is 0 Å². The van der Waals surface area contributed by atoms with E-state index in [0.29, 0.717) is 12.1 Å². The molecule has 6 heteroatoms. The van der Waals surface area contributed by atoms with Gasteiger partial charge in [0.2, 0.25) is 11.8 Å². The molecule has 1 rings (SSSR count). The molecule has 2 amide bonds. The molecule has 0 aromatic heterocycles. The van der Waals surface area contributed by atoms with Crippen molar-refractivity contribution in [2.45, 2.75) is 25.8 Å². The molecule has 0 fully saturated rings. The number of amides is 2. The molecule has 1 aromatic carbocycles. The zero-order valence-corrected chi connectivity index (χ0v) is 12.7. The zero-order valence-electron chi connectivity index (χ0n) is 11.8. The van der Waals surface area contributed by atoms with Crippen LogP contribution < -0.4 is 11.1 Å². The van der Waals surface area contributed by atoms with Gasteiger partial charge in [-0.2, -0.15) is 0 Å². The Bertz CT molecular complexity index is 426. The van der Waals surface area contributed by atoms with Crippen LogP contribution in [0.3, 0.4) is 0 Å². The van der Waals surface area contributed by atoms with Crippen LogP contribution in [-0.4, -0.2) is 36.3 Å². The normalized spacial score (nSPS) is 11.2. The molecule has 0 saturated carbocycles. The summed E-state index contributed by atoms with van der Waals surface area (Å²) in [6.07, 6.45) is 1.47. The summed E-state index contributed by atoms with van der Waals surface area (Å²) in [4.78, 5) is 25.0. The first-order valence-corrected chi connectivity index (χ1v) is 6.40. The summed E-state index contributed by atoms with van der Waals surface area (Å²) in [6, 6.07) is 8.60. The minimum atomic E-state index is -0.528. The van der Waals surface area contributed by atoms with Gasteiger partial charge < -0.3 is 16.0 Å². The van der Waals surface area contributed by atoms with Gasteiger partial charge >= 0.3 is 0 Å². The SMILES string of the molecule is CCCC(N)C(=O)N(C)CC(=O)Nc1ccccc1.Cl. The smallest absolute Gasteiger partial charge is 0.243 e.